The van der Waals surface area contributed by atoms with Crippen molar-refractivity contribution in [3.8, 4) is 5.75 Å². The predicted molar refractivity (Wildman–Crippen MR) is 170 cm³/mol. The van der Waals surface area contributed by atoms with Crippen LogP contribution in [0, 0.1) is 0 Å². The lowest BCUT2D eigenvalue weighted by atomic mass is 10.0. The number of rotatable bonds is 15. The third-order valence-electron chi connectivity index (χ3n) is 7.76. The van der Waals surface area contributed by atoms with Crippen LogP contribution < -0.4 is 14.4 Å². The van der Waals surface area contributed by atoms with Gasteiger partial charge < -0.3 is 15.0 Å². The number of anilines is 1. The fraction of sp³-hybridized carbons (Fsp3) is 0.412. The molecule has 1 aliphatic rings. The van der Waals surface area contributed by atoms with Gasteiger partial charge in [0, 0.05) is 32.0 Å². The second-order valence-electron chi connectivity index (χ2n) is 11.1. The molecule has 1 saturated carbocycles. The van der Waals surface area contributed by atoms with E-state index < -0.39 is 16.1 Å². The first kappa shape index (κ1) is 32.1. The zero-order chi connectivity index (χ0) is 30.7. The van der Waals surface area contributed by atoms with Gasteiger partial charge in [-0.05, 0) is 61.6 Å². The molecule has 0 radical (unpaired) electrons. The van der Waals surface area contributed by atoms with Crippen molar-refractivity contribution in [3.05, 3.63) is 96.1 Å². The smallest absolute Gasteiger partial charge is 0.243 e. The van der Waals surface area contributed by atoms with Gasteiger partial charge in [0.25, 0.3) is 0 Å². The number of carbonyl (C=O) groups is 2. The molecule has 230 valence electrons. The molecule has 0 aromatic heterocycles. The highest BCUT2D eigenvalue weighted by Crippen LogP contribution is 2.24. The maximum absolute atomic E-state index is 14.0. The number of benzene rings is 3. The number of sulfonamides is 1. The van der Waals surface area contributed by atoms with Gasteiger partial charge in [0.1, 0.15) is 11.8 Å². The molecule has 1 fully saturated rings. The Morgan fingerprint density at radius 1 is 0.907 bits per heavy atom. The molecular weight excluding hydrogens is 562 g/mol. The zero-order valence-electron chi connectivity index (χ0n) is 25.2. The Hall–Kier alpha value is -3.85. The highest BCUT2D eigenvalue weighted by Gasteiger charge is 2.32. The van der Waals surface area contributed by atoms with E-state index >= 15 is 0 Å². The lowest BCUT2D eigenvalue weighted by molar-refractivity contribution is -0.141. The van der Waals surface area contributed by atoms with Gasteiger partial charge in [0.15, 0.2) is 0 Å². The Bertz CT molecular complexity index is 1410. The van der Waals surface area contributed by atoms with Gasteiger partial charge in [-0.15, -0.1) is 0 Å². The number of nitrogens with one attached hydrogen (secondary N) is 1. The molecule has 1 aliphatic carbocycles. The molecule has 9 heteroatoms. The van der Waals surface area contributed by atoms with E-state index in [4.69, 9.17) is 4.74 Å². The Balaban J connectivity index is 1.54. The maximum atomic E-state index is 14.0. The molecule has 0 bridgehead atoms. The van der Waals surface area contributed by atoms with E-state index in [0.717, 1.165) is 43.1 Å². The zero-order valence-corrected chi connectivity index (χ0v) is 26.0. The van der Waals surface area contributed by atoms with Crippen LogP contribution in [0.15, 0.2) is 84.9 Å². The van der Waals surface area contributed by atoms with Gasteiger partial charge in [-0.2, -0.15) is 0 Å². The van der Waals surface area contributed by atoms with E-state index in [-0.39, 0.29) is 37.4 Å². The van der Waals surface area contributed by atoms with Crippen molar-refractivity contribution in [2.24, 2.45) is 0 Å². The van der Waals surface area contributed by atoms with E-state index in [0.29, 0.717) is 30.9 Å². The van der Waals surface area contributed by atoms with Crippen molar-refractivity contribution in [1.82, 2.24) is 10.2 Å². The number of nitrogens with zero attached hydrogens (tertiary/aromatic N) is 2. The van der Waals surface area contributed by atoms with Crippen LogP contribution in [-0.2, 0) is 32.6 Å². The van der Waals surface area contributed by atoms with E-state index in [9.17, 15) is 18.0 Å². The molecule has 0 unspecified atom stereocenters. The van der Waals surface area contributed by atoms with Gasteiger partial charge in [0.2, 0.25) is 21.8 Å². The van der Waals surface area contributed by atoms with Gasteiger partial charge in [0.05, 0.1) is 18.6 Å². The molecule has 4 rings (SSSR count). The van der Waals surface area contributed by atoms with Crippen LogP contribution in [0.25, 0.3) is 0 Å². The molecular formula is C34H43N3O5S. The quantitative estimate of drug-likeness (QED) is 0.253. The minimum absolute atomic E-state index is 0.0951. The summed E-state index contributed by atoms with van der Waals surface area (Å²) in [5, 5.41) is 3.22. The highest BCUT2D eigenvalue weighted by molar-refractivity contribution is 7.92. The second kappa shape index (κ2) is 15.6. The van der Waals surface area contributed by atoms with Gasteiger partial charge in [-0.25, -0.2) is 8.42 Å². The lowest BCUT2D eigenvalue weighted by Gasteiger charge is -2.33. The van der Waals surface area contributed by atoms with Crippen LogP contribution in [0.3, 0.4) is 0 Å². The number of hydrogen-bond acceptors (Lipinski definition) is 5. The van der Waals surface area contributed by atoms with Crippen LogP contribution in [0.1, 0.15) is 56.6 Å². The first-order chi connectivity index (χ1) is 20.7. The topological polar surface area (TPSA) is 96.0 Å². The lowest BCUT2D eigenvalue weighted by Crippen LogP contribution is -2.52. The first-order valence-electron chi connectivity index (χ1n) is 15.1. The van der Waals surface area contributed by atoms with Crippen LogP contribution in [0.5, 0.6) is 5.75 Å². The summed E-state index contributed by atoms with van der Waals surface area (Å²) in [6, 6.07) is 25.7. The minimum atomic E-state index is -3.59. The standard InChI is InChI=1S/C34H43N3O5S/c1-3-42-31-22-20-30(21-23-31)37(43(2,40)41)24-12-19-33(38)36(26-28-15-8-5-9-16-28)32(25-27-13-6-4-7-14-27)34(39)35-29-17-10-11-18-29/h4-9,13-16,20-23,29,32H,3,10-12,17-19,24-26H2,1-2H3,(H,35,39)/t32-/m1/s1. The third kappa shape index (κ3) is 9.58. The number of ether oxygens (including phenoxy) is 1. The van der Waals surface area contributed by atoms with E-state index in [2.05, 4.69) is 5.32 Å². The average Bonchev–Trinajstić information content (AvgIpc) is 3.51. The first-order valence-corrected chi connectivity index (χ1v) is 17.0. The normalized spacial score (nSPS) is 14.2. The Labute approximate surface area is 256 Å². The Morgan fingerprint density at radius 2 is 1.51 bits per heavy atom. The van der Waals surface area contributed by atoms with E-state index in [1.807, 2.05) is 67.6 Å². The minimum Gasteiger partial charge on any atom is -0.494 e. The largest absolute Gasteiger partial charge is 0.494 e. The van der Waals surface area contributed by atoms with Crippen molar-refractivity contribution in [2.45, 2.75) is 70.5 Å². The molecule has 3 aromatic carbocycles. The molecule has 1 atom stereocenters. The number of hydrogen-bond donors (Lipinski definition) is 1. The molecule has 8 nitrogen and oxygen atoms in total. The SMILES string of the molecule is CCOc1ccc(N(CCCC(=O)N(Cc2ccccc2)[C@H](Cc2ccccc2)C(=O)NC2CCCC2)S(C)(=O)=O)cc1. The summed E-state index contributed by atoms with van der Waals surface area (Å²) in [7, 11) is -3.59. The van der Waals surface area contributed by atoms with Crippen molar-refractivity contribution in [2.75, 3.05) is 23.7 Å². The van der Waals surface area contributed by atoms with Crippen LogP contribution in [-0.4, -0.2) is 56.6 Å². The van der Waals surface area contributed by atoms with E-state index in [1.165, 1.54) is 4.31 Å². The highest BCUT2D eigenvalue weighted by atomic mass is 32.2. The summed E-state index contributed by atoms with van der Waals surface area (Å²) in [5.41, 5.74) is 2.41. The summed E-state index contributed by atoms with van der Waals surface area (Å²) in [4.78, 5) is 29.5. The molecule has 1 N–H and O–H groups in total. The molecule has 2 amide bonds. The Kier molecular flexibility index (Phi) is 11.6. The predicted octanol–water partition coefficient (Wildman–Crippen LogP) is 5.33. The fourth-order valence-corrected chi connectivity index (χ4v) is 6.55. The third-order valence-corrected chi connectivity index (χ3v) is 8.95. The maximum Gasteiger partial charge on any atom is 0.243 e. The summed E-state index contributed by atoms with van der Waals surface area (Å²) in [6.45, 7) is 2.82. The van der Waals surface area contributed by atoms with Gasteiger partial charge in [-0.3, -0.25) is 13.9 Å². The second-order valence-corrected chi connectivity index (χ2v) is 13.0. The summed E-state index contributed by atoms with van der Waals surface area (Å²) in [5.74, 6) is 0.324. The van der Waals surface area contributed by atoms with Gasteiger partial charge >= 0.3 is 0 Å². The van der Waals surface area contributed by atoms with Crippen LogP contribution in [0.4, 0.5) is 5.69 Å². The summed E-state index contributed by atoms with van der Waals surface area (Å²) >= 11 is 0. The number of carbonyl (C=O) groups excluding carboxylic acids is 2. The van der Waals surface area contributed by atoms with Crippen molar-refractivity contribution < 1.29 is 22.7 Å². The molecule has 0 heterocycles. The van der Waals surface area contributed by atoms with Crippen molar-refractivity contribution in [3.63, 3.8) is 0 Å². The monoisotopic (exact) mass is 605 g/mol. The molecule has 0 aliphatic heterocycles. The molecule has 43 heavy (non-hydrogen) atoms. The molecule has 3 aromatic rings. The van der Waals surface area contributed by atoms with E-state index in [1.54, 1.807) is 29.2 Å². The van der Waals surface area contributed by atoms with Crippen molar-refractivity contribution >= 4 is 27.5 Å². The van der Waals surface area contributed by atoms with Crippen LogP contribution in [0.2, 0.25) is 0 Å². The van der Waals surface area contributed by atoms with Gasteiger partial charge in [-0.1, -0.05) is 73.5 Å². The average molecular weight is 606 g/mol. The molecule has 0 saturated heterocycles. The van der Waals surface area contributed by atoms with Crippen molar-refractivity contribution in [1.29, 1.82) is 0 Å². The summed E-state index contributed by atoms with van der Waals surface area (Å²) in [6.07, 6.45) is 6.02. The van der Waals surface area contributed by atoms with Crippen LogP contribution >= 0.6 is 0 Å². The Morgan fingerprint density at radius 3 is 2.09 bits per heavy atom. The number of amides is 2. The summed E-state index contributed by atoms with van der Waals surface area (Å²) < 4.78 is 32.2. The molecule has 0 spiro atoms. The fourth-order valence-electron chi connectivity index (χ4n) is 5.58.